The van der Waals surface area contributed by atoms with Gasteiger partial charge in [0.05, 0.1) is 5.56 Å². The average molecular weight is 250 g/mol. The maximum Gasteiger partial charge on any atom is 0.340 e. The third kappa shape index (κ3) is 4.88. The third-order valence-corrected chi connectivity index (χ3v) is 2.80. The number of benzene rings is 1. The van der Waals surface area contributed by atoms with Gasteiger partial charge in [-0.1, -0.05) is 26.0 Å². The highest BCUT2D eigenvalue weighted by Crippen LogP contribution is 2.11. The Morgan fingerprint density at radius 2 is 1.78 bits per heavy atom. The fourth-order valence-electron chi connectivity index (χ4n) is 1.53. The van der Waals surface area contributed by atoms with Crippen LogP contribution in [0.5, 0.6) is 0 Å². The molecule has 0 aliphatic heterocycles. The molecule has 0 aliphatic rings. The summed E-state index contributed by atoms with van der Waals surface area (Å²) in [5.41, 5.74) is 1.81. The maximum absolute atomic E-state index is 11.7. The zero-order valence-corrected chi connectivity index (χ0v) is 11.6. The van der Waals surface area contributed by atoms with Gasteiger partial charge in [0, 0.05) is 7.11 Å². The van der Waals surface area contributed by atoms with E-state index in [1.54, 1.807) is 19.1 Å². The molecule has 0 amide bonds. The highest BCUT2D eigenvalue weighted by Gasteiger charge is 2.10. The van der Waals surface area contributed by atoms with Gasteiger partial charge in [0.25, 0.3) is 0 Å². The highest BCUT2D eigenvalue weighted by molar-refractivity contribution is 5.89. The summed E-state index contributed by atoms with van der Waals surface area (Å²) < 4.78 is 9.95. The first-order valence-electron chi connectivity index (χ1n) is 6.35. The molecule has 0 aromatic heterocycles. The normalized spacial score (nSPS) is 12.5. The van der Waals surface area contributed by atoms with E-state index in [1.165, 1.54) is 12.7 Å². The summed E-state index contributed by atoms with van der Waals surface area (Å²) in [6.07, 6.45) is 1.68. The van der Waals surface area contributed by atoms with E-state index in [-0.39, 0.29) is 5.97 Å². The highest BCUT2D eigenvalue weighted by atomic mass is 16.7. The van der Waals surface area contributed by atoms with E-state index in [0.29, 0.717) is 11.5 Å². The second-order valence-electron chi connectivity index (χ2n) is 4.84. The van der Waals surface area contributed by atoms with Crippen molar-refractivity contribution in [3.63, 3.8) is 0 Å². The first kappa shape index (κ1) is 14.7. The van der Waals surface area contributed by atoms with Gasteiger partial charge in [-0.2, -0.15) is 0 Å². The van der Waals surface area contributed by atoms with E-state index in [0.717, 1.165) is 12.8 Å². The summed E-state index contributed by atoms with van der Waals surface area (Å²) in [6, 6.07) is 7.58. The van der Waals surface area contributed by atoms with Crippen molar-refractivity contribution >= 4 is 5.97 Å². The molecule has 18 heavy (non-hydrogen) atoms. The molecule has 1 rings (SSSR count). The first-order valence-corrected chi connectivity index (χ1v) is 6.35. The van der Waals surface area contributed by atoms with Crippen molar-refractivity contribution in [2.24, 2.45) is 5.92 Å². The smallest absolute Gasteiger partial charge is 0.340 e. The monoisotopic (exact) mass is 250 g/mol. The number of aryl methyl sites for hydroxylation is 1. The van der Waals surface area contributed by atoms with Crippen LogP contribution in [0.3, 0.4) is 0 Å². The lowest BCUT2D eigenvalue weighted by atomic mass is 10.0. The predicted octanol–water partition coefficient (Wildman–Crippen LogP) is 3.42. The van der Waals surface area contributed by atoms with Crippen molar-refractivity contribution in [3.8, 4) is 0 Å². The number of carbonyl (C=O) groups is 1. The van der Waals surface area contributed by atoms with E-state index in [4.69, 9.17) is 9.47 Å². The van der Waals surface area contributed by atoms with Gasteiger partial charge < -0.3 is 9.47 Å². The summed E-state index contributed by atoms with van der Waals surface area (Å²) in [6.45, 7) is 6.10. The molecule has 100 valence electrons. The molecule has 0 heterocycles. The largest absolute Gasteiger partial charge is 0.432 e. The topological polar surface area (TPSA) is 35.5 Å². The number of methoxy groups -OCH3 is 1. The van der Waals surface area contributed by atoms with Gasteiger partial charge in [-0.05, 0) is 43.4 Å². The van der Waals surface area contributed by atoms with Crippen molar-refractivity contribution in [3.05, 3.63) is 35.4 Å². The minimum Gasteiger partial charge on any atom is -0.432 e. The van der Waals surface area contributed by atoms with Gasteiger partial charge >= 0.3 is 5.97 Å². The molecular formula is C15H22O3. The molecule has 1 aromatic rings. The van der Waals surface area contributed by atoms with Gasteiger partial charge in [-0.25, -0.2) is 4.79 Å². The van der Waals surface area contributed by atoms with Crippen molar-refractivity contribution in [1.82, 2.24) is 0 Å². The lowest BCUT2D eigenvalue weighted by molar-refractivity contribution is -0.0773. The molecule has 3 heteroatoms. The lowest BCUT2D eigenvalue weighted by Gasteiger charge is -2.11. The number of rotatable bonds is 6. The van der Waals surface area contributed by atoms with Crippen LogP contribution in [0.25, 0.3) is 0 Å². The number of esters is 1. The Balaban J connectivity index is 2.56. The summed E-state index contributed by atoms with van der Waals surface area (Å²) >= 11 is 0. The molecule has 3 nitrogen and oxygen atoms in total. The molecule has 0 bridgehead atoms. The molecule has 1 aromatic carbocycles. The van der Waals surface area contributed by atoms with Gasteiger partial charge in [-0.15, -0.1) is 0 Å². The predicted molar refractivity (Wildman–Crippen MR) is 71.5 cm³/mol. The van der Waals surface area contributed by atoms with E-state index in [1.807, 2.05) is 12.1 Å². The number of hydrogen-bond donors (Lipinski definition) is 0. The Bertz CT molecular complexity index is 368. The Morgan fingerprint density at radius 1 is 1.17 bits per heavy atom. The number of carbonyl (C=O) groups excluding carboxylic acids is 1. The first-order chi connectivity index (χ1) is 8.52. The van der Waals surface area contributed by atoms with E-state index < -0.39 is 6.29 Å². The second kappa shape index (κ2) is 7.17. The number of hydrogen-bond acceptors (Lipinski definition) is 3. The summed E-state index contributed by atoms with van der Waals surface area (Å²) in [7, 11) is 1.51. The van der Waals surface area contributed by atoms with Crippen LogP contribution in [-0.4, -0.2) is 19.4 Å². The zero-order chi connectivity index (χ0) is 13.5. The van der Waals surface area contributed by atoms with Gasteiger partial charge in [-0.3, -0.25) is 0 Å². The van der Waals surface area contributed by atoms with Crippen LogP contribution in [0.1, 0.15) is 43.1 Å². The SMILES string of the molecule is COC(C)OC(=O)c1ccc(CCC(C)C)cc1. The van der Waals surface area contributed by atoms with Crippen LogP contribution < -0.4 is 0 Å². The maximum atomic E-state index is 11.7. The summed E-state index contributed by atoms with van der Waals surface area (Å²) in [4.78, 5) is 11.7. The van der Waals surface area contributed by atoms with Gasteiger partial charge in [0.1, 0.15) is 0 Å². The van der Waals surface area contributed by atoms with Crippen molar-refractivity contribution in [2.45, 2.75) is 39.9 Å². The minimum absolute atomic E-state index is 0.347. The van der Waals surface area contributed by atoms with Crippen LogP contribution in [0.15, 0.2) is 24.3 Å². The lowest BCUT2D eigenvalue weighted by Crippen LogP contribution is -2.16. The Hall–Kier alpha value is -1.35. The van der Waals surface area contributed by atoms with E-state index in [9.17, 15) is 4.79 Å². The molecule has 0 radical (unpaired) electrons. The molecule has 0 saturated heterocycles. The van der Waals surface area contributed by atoms with Gasteiger partial charge in [0.15, 0.2) is 6.29 Å². The van der Waals surface area contributed by atoms with E-state index >= 15 is 0 Å². The summed E-state index contributed by atoms with van der Waals surface area (Å²) in [5.74, 6) is 0.344. The second-order valence-corrected chi connectivity index (χ2v) is 4.84. The molecule has 0 N–H and O–H groups in total. The third-order valence-electron chi connectivity index (χ3n) is 2.80. The molecule has 0 fully saturated rings. The van der Waals surface area contributed by atoms with Gasteiger partial charge in [0.2, 0.25) is 0 Å². The van der Waals surface area contributed by atoms with Crippen LogP contribution in [0.2, 0.25) is 0 Å². The Kier molecular flexibility index (Phi) is 5.86. The van der Waals surface area contributed by atoms with Crippen LogP contribution >= 0.6 is 0 Å². The van der Waals surface area contributed by atoms with Crippen LogP contribution in [0.4, 0.5) is 0 Å². The quantitative estimate of drug-likeness (QED) is 0.573. The fourth-order valence-corrected chi connectivity index (χ4v) is 1.53. The van der Waals surface area contributed by atoms with Crippen molar-refractivity contribution in [2.75, 3.05) is 7.11 Å². The van der Waals surface area contributed by atoms with Crippen molar-refractivity contribution in [1.29, 1.82) is 0 Å². The number of ether oxygens (including phenoxy) is 2. The summed E-state index contributed by atoms with van der Waals surface area (Å²) in [5, 5.41) is 0. The zero-order valence-electron chi connectivity index (χ0n) is 11.6. The Labute approximate surface area is 109 Å². The molecule has 0 spiro atoms. The molecular weight excluding hydrogens is 228 g/mol. The fraction of sp³-hybridized carbons (Fsp3) is 0.533. The minimum atomic E-state index is -0.516. The molecule has 0 saturated carbocycles. The van der Waals surface area contributed by atoms with Crippen LogP contribution in [-0.2, 0) is 15.9 Å². The Morgan fingerprint density at radius 3 is 2.28 bits per heavy atom. The van der Waals surface area contributed by atoms with Crippen LogP contribution in [0, 0.1) is 5.92 Å². The molecule has 1 atom stereocenters. The standard InChI is InChI=1S/C15H22O3/c1-11(2)5-6-13-7-9-14(10-8-13)15(16)18-12(3)17-4/h7-12H,5-6H2,1-4H3. The molecule has 0 aliphatic carbocycles. The molecule has 1 unspecified atom stereocenters. The van der Waals surface area contributed by atoms with Crippen molar-refractivity contribution < 1.29 is 14.3 Å². The average Bonchev–Trinajstić information content (AvgIpc) is 2.36. The van der Waals surface area contributed by atoms with E-state index in [2.05, 4.69) is 13.8 Å².